The molecule has 6 nitrogen and oxygen atoms in total. The van der Waals surface area contributed by atoms with Gasteiger partial charge in [-0.05, 0) is 18.2 Å². The molecule has 1 heterocycles. The van der Waals surface area contributed by atoms with Crippen LogP contribution in [0.4, 0.5) is 20.2 Å². The second-order valence-corrected chi connectivity index (χ2v) is 4.20. The van der Waals surface area contributed by atoms with Crippen molar-refractivity contribution in [1.29, 1.82) is 0 Å². The van der Waals surface area contributed by atoms with E-state index in [0.29, 0.717) is 11.1 Å². The van der Waals surface area contributed by atoms with Crippen molar-refractivity contribution < 1.29 is 13.7 Å². The first-order chi connectivity index (χ1) is 9.44. The van der Waals surface area contributed by atoms with Crippen LogP contribution in [-0.2, 0) is 0 Å². The largest absolute Gasteiger partial charge is 0.377 e. The van der Waals surface area contributed by atoms with E-state index in [9.17, 15) is 18.9 Å². The number of aromatic nitrogens is 1. The number of rotatable bonds is 5. The fourth-order valence-corrected chi connectivity index (χ4v) is 1.76. The Bertz CT molecular complexity index is 648. The Morgan fingerprint density at radius 3 is 2.80 bits per heavy atom. The van der Waals surface area contributed by atoms with E-state index < -0.39 is 23.9 Å². The Labute approximate surface area is 112 Å². The Morgan fingerprint density at radius 2 is 2.15 bits per heavy atom. The zero-order chi connectivity index (χ0) is 14.8. The van der Waals surface area contributed by atoms with Crippen molar-refractivity contribution in [1.82, 2.24) is 4.98 Å². The quantitative estimate of drug-likeness (QED) is 0.647. The highest BCUT2D eigenvalue weighted by molar-refractivity contribution is 5.96. The summed E-state index contributed by atoms with van der Waals surface area (Å²) in [6.45, 7) is -1.44. The second kappa shape index (κ2) is 5.33. The number of nitro groups is 1. The molecule has 8 heteroatoms. The lowest BCUT2D eigenvalue weighted by Gasteiger charge is -2.16. The fraction of sp³-hybridized carbons (Fsp3) is 0.250. The molecule has 0 spiro atoms. The summed E-state index contributed by atoms with van der Waals surface area (Å²) in [5.41, 5.74) is 5.41. The SMILES string of the molecule is NCC(F)(F)CNc1ccc([N+](=O)[O-])c2cccnc12. The molecule has 0 saturated heterocycles. The minimum Gasteiger partial charge on any atom is -0.377 e. The minimum atomic E-state index is -3.05. The molecule has 0 atom stereocenters. The van der Waals surface area contributed by atoms with E-state index in [1.807, 2.05) is 0 Å². The second-order valence-electron chi connectivity index (χ2n) is 4.20. The highest BCUT2D eigenvalue weighted by atomic mass is 19.3. The van der Waals surface area contributed by atoms with Gasteiger partial charge in [-0.2, -0.15) is 0 Å². The molecule has 0 aliphatic heterocycles. The lowest BCUT2D eigenvalue weighted by molar-refractivity contribution is -0.383. The van der Waals surface area contributed by atoms with Gasteiger partial charge in [0.25, 0.3) is 11.6 Å². The number of nitro benzene ring substituents is 1. The predicted molar refractivity (Wildman–Crippen MR) is 70.9 cm³/mol. The summed E-state index contributed by atoms with van der Waals surface area (Å²) in [6.07, 6.45) is 1.44. The fourth-order valence-electron chi connectivity index (χ4n) is 1.76. The first-order valence-electron chi connectivity index (χ1n) is 5.78. The molecule has 0 fully saturated rings. The van der Waals surface area contributed by atoms with Crippen LogP contribution in [0.25, 0.3) is 10.9 Å². The van der Waals surface area contributed by atoms with Crippen LogP contribution in [0, 0.1) is 10.1 Å². The van der Waals surface area contributed by atoms with Crippen molar-refractivity contribution in [3.8, 4) is 0 Å². The Hall–Kier alpha value is -2.35. The van der Waals surface area contributed by atoms with E-state index in [-0.39, 0.29) is 11.2 Å². The van der Waals surface area contributed by atoms with Gasteiger partial charge in [0.2, 0.25) is 0 Å². The predicted octanol–water partition coefficient (Wildman–Crippen LogP) is 2.15. The molecule has 0 unspecified atom stereocenters. The molecule has 0 amide bonds. The molecule has 2 aromatic rings. The molecule has 106 valence electrons. The summed E-state index contributed by atoms with van der Waals surface area (Å²) in [7, 11) is 0. The number of hydrogen-bond donors (Lipinski definition) is 2. The summed E-state index contributed by atoms with van der Waals surface area (Å²) in [5.74, 6) is -3.05. The van der Waals surface area contributed by atoms with Gasteiger partial charge in [0.05, 0.1) is 29.1 Å². The maximum atomic E-state index is 13.1. The van der Waals surface area contributed by atoms with Gasteiger partial charge < -0.3 is 11.1 Å². The first kappa shape index (κ1) is 14.1. The number of alkyl halides is 2. The number of non-ortho nitro benzene ring substituents is 1. The number of hydrogen-bond acceptors (Lipinski definition) is 5. The molecule has 0 saturated carbocycles. The van der Waals surface area contributed by atoms with Crippen molar-refractivity contribution in [2.24, 2.45) is 5.73 Å². The minimum absolute atomic E-state index is 0.121. The summed E-state index contributed by atoms with van der Waals surface area (Å²) in [6, 6.07) is 5.69. The number of fused-ring (bicyclic) bond motifs is 1. The zero-order valence-electron chi connectivity index (χ0n) is 10.3. The van der Waals surface area contributed by atoms with Crippen LogP contribution in [0.5, 0.6) is 0 Å². The third-order valence-electron chi connectivity index (χ3n) is 2.78. The van der Waals surface area contributed by atoms with Gasteiger partial charge in [-0.15, -0.1) is 0 Å². The number of anilines is 1. The monoisotopic (exact) mass is 282 g/mol. The Morgan fingerprint density at radius 1 is 1.40 bits per heavy atom. The number of halogens is 2. The summed E-state index contributed by atoms with van der Waals surface area (Å²) in [4.78, 5) is 14.4. The number of nitrogens with one attached hydrogen (secondary N) is 1. The molecule has 2 rings (SSSR count). The van der Waals surface area contributed by atoms with Crippen molar-refractivity contribution in [2.75, 3.05) is 18.4 Å². The third-order valence-corrected chi connectivity index (χ3v) is 2.78. The van der Waals surface area contributed by atoms with E-state index in [0.717, 1.165) is 0 Å². The molecular weight excluding hydrogens is 270 g/mol. The van der Waals surface area contributed by atoms with Crippen molar-refractivity contribution in [2.45, 2.75) is 5.92 Å². The standard InChI is InChI=1S/C12H12F2N4O2/c13-12(14,6-15)7-17-9-3-4-10(18(19)20)8-2-1-5-16-11(8)9/h1-5,17H,6-7,15H2. The van der Waals surface area contributed by atoms with Crippen LogP contribution in [0.1, 0.15) is 0 Å². The van der Waals surface area contributed by atoms with E-state index in [2.05, 4.69) is 10.3 Å². The Kier molecular flexibility index (Phi) is 3.75. The normalized spacial score (nSPS) is 11.6. The lowest BCUT2D eigenvalue weighted by Crippen LogP contribution is -2.35. The molecule has 0 aliphatic rings. The third kappa shape index (κ3) is 2.80. The number of benzene rings is 1. The summed E-state index contributed by atoms with van der Waals surface area (Å²) in [5, 5.41) is 13.7. The summed E-state index contributed by atoms with van der Waals surface area (Å²) < 4.78 is 26.3. The van der Waals surface area contributed by atoms with Gasteiger partial charge in [0.15, 0.2) is 0 Å². The maximum absolute atomic E-state index is 13.1. The lowest BCUT2D eigenvalue weighted by atomic mass is 10.1. The molecule has 1 aromatic carbocycles. The smallest absolute Gasteiger partial charge is 0.278 e. The molecular formula is C12H12F2N4O2. The van der Waals surface area contributed by atoms with Gasteiger partial charge in [0.1, 0.15) is 5.52 Å². The first-order valence-corrected chi connectivity index (χ1v) is 5.78. The van der Waals surface area contributed by atoms with Crippen molar-refractivity contribution in [3.63, 3.8) is 0 Å². The summed E-state index contributed by atoms with van der Waals surface area (Å²) >= 11 is 0. The molecule has 1 aromatic heterocycles. The van der Waals surface area contributed by atoms with Crippen LogP contribution < -0.4 is 11.1 Å². The molecule has 0 bridgehead atoms. The van der Waals surface area contributed by atoms with Gasteiger partial charge in [-0.1, -0.05) is 0 Å². The van der Waals surface area contributed by atoms with Crippen molar-refractivity contribution in [3.05, 3.63) is 40.6 Å². The zero-order valence-corrected chi connectivity index (χ0v) is 10.3. The average molecular weight is 282 g/mol. The molecule has 3 N–H and O–H groups in total. The average Bonchev–Trinajstić information content (AvgIpc) is 2.44. The van der Waals surface area contributed by atoms with E-state index in [4.69, 9.17) is 5.73 Å². The molecule has 0 aliphatic carbocycles. The number of pyridine rings is 1. The van der Waals surface area contributed by atoms with Crippen LogP contribution >= 0.6 is 0 Å². The highest BCUT2D eigenvalue weighted by Gasteiger charge is 2.26. The van der Waals surface area contributed by atoms with Crippen LogP contribution in [0.3, 0.4) is 0 Å². The van der Waals surface area contributed by atoms with E-state index >= 15 is 0 Å². The van der Waals surface area contributed by atoms with E-state index in [1.165, 1.54) is 24.4 Å². The van der Waals surface area contributed by atoms with Gasteiger partial charge in [0, 0.05) is 12.3 Å². The maximum Gasteiger partial charge on any atom is 0.278 e. The molecule has 20 heavy (non-hydrogen) atoms. The van der Waals surface area contributed by atoms with Crippen molar-refractivity contribution >= 4 is 22.3 Å². The number of nitrogens with two attached hydrogens (primary N) is 1. The van der Waals surface area contributed by atoms with Crippen LogP contribution in [-0.4, -0.2) is 28.9 Å². The topological polar surface area (TPSA) is 94.1 Å². The van der Waals surface area contributed by atoms with Crippen LogP contribution in [0.15, 0.2) is 30.5 Å². The Balaban J connectivity index is 2.41. The van der Waals surface area contributed by atoms with Gasteiger partial charge >= 0.3 is 0 Å². The number of nitrogens with zero attached hydrogens (tertiary/aromatic N) is 2. The van der Waals surface area contributed by atoms with Gasteiger partial charge in [-0.25, -0.2) is 8.78 Å². The van der Waals surface area contributed by atoms with Crippen LogP contribution in [0.2, 0.25) is 0 Å². The molecule has 0 radical (unpaired) electrons. The highest BCUT2D eigenvalue weighted by Crippen LogP contribution is 2.30. The van der Waals surface area contributed by atoms with E-state index in [1.54, 1.807) is 6.07 Å². The van der Waals surface area contributed by atoms with Gasteiger partial charge in [-0.3, -0.25) is 15.1 Å².